The summed E-state index contributed by atoms with van der Waals surface area (Å²) in [6.07, 6.45) is 1.60. The molecule has 0 aliphatic rings. The monoisotopic (exact) mass is 223 g/mol. The zero-order valence-electron chi connectivity index (χ0n) is 9.56. The van der Waals surface area contributed by atoms with Crippen molar-refractivity contribution >= 4 is 5.91 Å². The van der Waals surface area contributed by atoms with Crippen LogP contribution in [0.3, 0.4) is 0 Å². The van der Waals surface area contributed by atoms with Crippen molar-refractivity contribution in [1.29, 1.82) is 0 Å². The highest BCUT2D eigenvalue weighted by Gasteiger charge is 2.04. The molecule has 1 amide bonds. The van der Waals surface area contributed by atoms with Crippen molar-refractivity contribution in [2.45, 2.75) is 19.5 Å². The van der Waals surface area contributed by atoms with Gasteiger partial charge >= 0.3 is 0 Å². The molecule has 1 atom stereocenters. The molecule has 5 heteroatoms. The van der Waals surface area contributed by atoms with E-state index in [9.17, 15) is 9.59 Å². The Morgan fingerprint density at radius 2 is 2.25 bits per heavy atom. The van der Waals surface area contributed by atoms with E-state index in [0.717, 1.165) is 0 Å². The number of hydrogen-bond donors (Lipinski definition) is 2. The minimum atomic E-state index is -0.167. The summed E-state index contributed by atoms with van der Waals surface area (Å²) in [4.78, 5) is 22.8. The third-order valence-corrected chi connectivity index (χ3v) is 2.31. The Morgan fingerprint density at radius 1 is 1.50 bits per heavy atom. The molecule has 2 N–H and O–H groups in total. The van der Waals surface area contributed by atoms with E-state index < -0.39 is 0 Å². The summed E-state index contributed by atoms with van der Waals surface area (Å²) >= 11 is 0. The van der Waals surface area contributed by atoms with Crippen LogP contribution in [0.5, 0.6) is 0 Å². The molecule has 1 heterocycles. The molecule has 0 spiro atoms. The zero-order valence-corrected chi connectivity index (χ0v) is 9.56. The topological polar surface area (TPSA) is 63.1 Å². The van der Waals surface area contributed by atoms with Crippen molar-refractivity contribution < 1.29 is 4.79 Å². The molecule has 1 aromatic rings. The van der Waals surface area contributed by atoms with Gasteiger partial charge in [-0.05, 0) is 20.0 Å². The van der Waals surface area contributed by atoms with Crippen molar-refractivity contribution in [3.63, 3.8) is 0 Å². The van der Waals surface area contributed by atoms with Crippen LogP contribution in [-0.2, 0) is 11.3 Å². The molecule has 1 aromatic heterocycles. The van der Waals surface area contributed by atoms with E-state index in [-0.39, 0.29) is 24.1 Å². The molecule has 0 aromatic carbocycles. The second-order valence-electron chi connectivity index (χ2n) is 3.66. The van der Waals surface area contributed by atoms with Gasteiger partial charge in [0.2, 0.25) is 5.91 Å². The largest absolute Gasteiger partial charge is 0.353 e. The predicted octanol–water partition coefficient (Wildman–Crippen LogP) is -0.428. The summed E-state index contributed by atoms with van der Waals surface area (Å²) in [5.74, 6) is -0.157. The number of likely N-dealkylation sites (N-methyl/N-ethyl adjacent to an activating group) is 1. The molecule has 88 valence electrons. The first-order chi connectivity index (χ1) is 7.63. The van der Waals surface area contributed by atoms with Gasteiger partial charge in [0.15, 0.2) is 0 Å². The molecular weight excluding hydrogens is 206 g/mol. The van der Waals surface area contributed by atoms with Gasteiger partial charge in [0.1, 0.15) is 6.54 Å². The number of amides is 1. The fraction of sp³-hybridized carbons (Fsp3) is 0.455. The van der Waals surface area contributed by atoms with Crippen LogP contribution in [0.25, 0.3) is 0 Å². The summed E-state index contributed by atoms with van der Waals surface area (Å²) in [6, 6.07) is 5.03. The lowest BCUT2D eigenvalue weighted by atomic mass is 10.3. The average molecular weight is 223 g/mol. The highest BCUT2D eigenvalue weighted by Crippen LogP contribution is 1.83. The first-order valence-electron chi connectivity index (χ1n) is 5.23. The van der Waals surface area contributed by atoms with Gasteiger partial charge in [-0.25, -0.2) is 0 Å². The van der Waals surface area contributed by atoms with E-state index in [2.05, 4.69) is 10.6 Å². The standard InChI is InChI=1S/C11H17N3O2/c1-9(12-2)7-13-10(15)8-14-6-4-3-5-11(14)16/h3-6,9,12H,7-8H2,1-2H3,(H,13,15). The highest BCUT2D eigenvalue weighted by molar-refractivity contribution is 5.75. The van der Waals surface area contributed by atoms with Crippen molar-refractivity contribution in [3.8, 4) is 0 Å². The molecule has 0 aliphatic carbocycles. The average Bonchev–Trinajstić information content (AvgIpc) is 2.29. The second-order valence-corrected chi connectivity index (χ2v) is 3.66. The van der Waals surface area contributed by atoms with E-state index >= 15 is 0 Å². The Bertz CT molecular complexity index is 400. The van der Waals surface area contributed by atoms with Gasteiger partial charge < -0.3 is 15.2 Å². The van der Waals surface area contributed by atoms with Crippen molar-refractivity contribution in [3.05, 3.63) is 34.7 Å². The number of pyridine rings is 1. The molecule has 0 fully saturated rings. The summed E-state index contributed by atoms with van der Waals surface area (Å²) < 4.78 is 1.37. The number of carbonyl (C=O) groups excluding carboxylic acids is 1. The van der Waals surface area contributed by atoms with Crippen molar-refractivity contribution in [2.75, 3.05) is 13.6 Å². The summed E-state index contributed by atoms with van der Waals surface area (Å²) in [5, 5.41) is 5.76. The van der Waals surface area contributed by atoms with Gasteiger partial charge in [-0.1, -0.05) is 6.07 Å². The third kappa shape index (κ3) is 3.86. The lowest BCUT2D eigenvalue weighted by Gasteiger charge is -2.11. The maximum Gasteiger partial charge on any atom is 0.250 e. The summed E-state index contributed by atoms with van der Waals surface area (Å²) in [6.45, 7) is 2.59. The smallest absolute Gasteiger partial charge is 0.250 e. The Kier molecular flexibility index (Phi) is 4.72. The second kappa shape index (κ2) is 6.07. The van der Waals surface area contributed by atoms with Crippen LogP contribution in [0.1, 0.15) is 6.92 Å². The molecule has 0 bridgehead atoms. The highest BCUT2D eigenvalue weighted by atomic mass is 16.2. The first-order valence-corrected chi connectivity index (χ1v) is 5.23. The zero-order chi connectivity index (χ0) is 12.0. The minimum absolute atomic E-state index is 0.0656. The van der Waals surface area contributed by atoms with E-state index in [1.807, 2.05) is 14.0 Å². The van der Waals surface area contributed by atoms with Crippen molar-refractivity contribution in [1.82, 2.24) is 15.2 Å². The van der Waals surface area contributed by atoms with Crippen molar-refractivity contribution in [2.24, 2.45) is 0 Å². The Labute approximate surface area is 94.5 Å². The van der Waals surface area contributed by atoms with Crippen LogP contribution in [0.2, 0.25) is 0 Å². The first kappa shape index (κ1) is 12.4. The third-order valence-electron chi connectivity index (χ3n) is 2.31. The van der Waals surface area contributed by atoms with Gasteiger partial charge in [0.05, 0.1) is 0 Å². The maximum atomic E-state index is 11.5. The summed E-state index contributed by atoms with van der Waals surface area (Å²) in [5.41, 5.74) is -0.167. The van der Waals surface area contributed by atoms with Gasteiger partial charge in [-0.2, -0.15) is 0 Å². The van der Waals surface area contributed by atoms with Gasteiger partial charge in [0, 0.05) is 24.8 Å². The van der Waals surface area contributed by atoms with Crippen LogP contribution >= 0.6 is 0 Å². The number of hydrogen-bond acceptors (Lipinski definition) is 3. The fourth-order valence-electron chi connectivity index (χ4n) is 1.17. The Morgan fingerprint density at radius 3 is 2.88 bits per heavy atom. The molecule has 16 heavy (non-hydrogen) atoms. The lowest BCUT2D eigenvalue weighted by molar-refractivity contribution is -0.121. The fourth-order valence-corrected chi connectivity index (χ4v) is 1.17. The SMILES string of the molecule is CNC(C)CNC(=O)Cn1ccccc1=O. The number of nitrogens with zero attached hydrogens (tertiary/aromatic N) is 1. The van der Waals surface area contributed by atoms with Gasteiger partial charge in [-0.15, -0.1) is 0 Å². The quantitative estimate of drug-likeness (QED) is 0.712. The van der Waals surface area contributed by atoms with Gasteiger partial charge in [0.25, 0.3) is 5.56 Å². The predicted molar refractivity (Wildman–Crippen MR) is 62.2 cm³/mol. The molecule has 5 nitrogen and oxygen atoms in total. The molecule has 0 saturated carbocycles. The summed E-state index contributed by atoms with van der Waals surface area (Å²) in [7, 11) is 1.83. The lowest BCUT2D eigenvalue weighted by Crippen LogP contribution is -2.39. The minimum Gasteiger partial charge on any atom is -0.353 e. The molecule has 0 saturated heterocycles. The number of rotatable bonds is 5. The number of nitrogens with one attached hydrogen (secondary N) is 2. The normalized spacial score (nSPS) is 12.1. The molecule has 1 unspecified atom stereocenters. The Hall–Kier alpha value is -1.62. The maximum absolute atomic E-state index is 11.5. The number of aromatic nitrogens is 1. The van der Waals surface area contributed by atoms with E-state index in [4.69, 9.17) is 0 Å². The van der Waals surface area contributed by atoms with E-state index in [1.54, 1.807) is 18.3 Å². The molecule has 1 rings (SSSR count). The Balaban J connectivity index is 2.46. The molecule has 0 radical (unpaired) electrons. The molecule has 0 aliphatic heterocycles. The van der Waals surface area contributed by atoms with Gasteiger partial charge in [-0.3, -0.25) is 9.59 Å². The van der Waals surface area contributed by atoms with Crippen LogP contribution in [-0.4, -0.2) is 30.1 Å². The number of carbonyl (C=O) groups is 1. The van der Waals surface area contributed by atoms with E-state index in [1.165, 1.54) is 10.6 Å². The van der Waals surface area contributed by atoms with E-state index in [0.29, 0.717) is 6.54 Å². The van der Waals surface area contributed by atoms with Crippen LogP contribution in [0.4, 0.5) is 0 Å². The van der Waals surface area contributed by atoms with Crippen LogP contribution in [0.15, 0.2) is 29.2 Å². The molecular formula is C11H17N3O2. The van der Waals surface area contributed by atoms with Crippen LogP contribution in [0, 0.1) is 0 Å². The van der Waals surface area contributed by atoms with Crippen LogP contribution < -0.4 is 16.2 Å².